The average Bonchev–Trinajstić information content (AvgIpc) is 3.11. The second-order valence-electron chi connectivity index (χ2n) is 5.58. The second kappa shape index (κ2) is 8.31. The van der Waals surface area contributed by atoms with E-state index in [0.717, 1.165) is 16.9 Å². The SMILES string of the molecule is O=C(CCc1ccccc1)Nc1ccc(Oc2ccsc2C(=O)O)cc1. The Kier molecular flexibility index (Phi) is 5.66. The Morgan fingerprint density at radius 2 is 1.73 bits per heavy atom. The standard InChI is InChI=1S/C20H17NO4S/c22-18(11-6-14-4-2-1-3-5-14)21-15-7-9-16(10-8-15)25-17-12-13-26-19(17)20(23)24/h1-5,7-10,12-13H,6,11H2,(H,21,22)(H,23,24). The van der Waals surface area contributed by atoms with Gasteiger partial charge in [-0.2, -0.15) is 0 Å². The highest BCUT2D eigenvalue weighted by Gasteiger charge is 2.13. The molecule has 0 unspecified atom stereocenters. The molecule has 6 heteroatoms. The maximum Gasteiger partial charge on any atom is 0.349 e. The Morgan fingerprint density at radius 3 is 2.42 bits per heavy atom. The quantitative estimate of drug-likeness (QED) is 0.628. The van der Waals surface area contributed by atoms with Gasteiger partial charge in [-0.3, -0.25) is 4.79 Å². The van der Waals surface area contributed by atoms with Crippen molar-refractivity contribution in [1.29, 1.82) is 0 Å². The Hall–Kier alpha value is -3.12. The fourth-order valence-corrected chi connectivity index (χ4v) is 3.05. The summed E-state index contributed by atoms with van der Waals surface area (Å²) in [6.45, 7) is 0. The number of carbonyl (C=O) groups excluding carboxylic acids is 1. The van der Waals surface area contributed by atoms with Crippen LogP contribution in [0.1, 0.15) is 21.7 Å². The lowest BCUT2D eigenvalue weighted by molar-refractivity contribution is -0.116. The summed E-state index contributed by atoms with van der Waals surface area (Å²) in [6.07, 6.45) is 1.09. The highest BCUT2D eigenvalue weighted by Crippen LogP contribution is 2.30. The molecule has 0 aliphatic rings. The number of thiophene rings is 1. The first-order chi connectivity index (χ1) is 12.6. The van der Waals surface area contributed by atoms with Crippen molar-refractivity contribution in [2.45, 2.75) is 12.8 Å². The maximum atomic E-state index is 12.0. The highest BCUT2D eigenvalue weighted by atomic mass is 32.1. The van der Waals surface area contributed by atoms with E-state index >= 15 is 0 Å². The Balaban J connectivity index is 1.55. The molecule has 0 saturated heterocycles. The van der Waals surface area contributed by atoms with Gasteiger partial charge in [0.05, 0.1) is 0 Å². The molecule has 2 aromatic carbocycles. The van der Waals surface area contributed by atoms with E-state index in [4.69, 9.17) is 9.84 Å². The van der Waals surface area contributed by atoms with Crippen LogP contribution in [0.3, 0.4) is 0 Å². The molecule has 0 aliphatic carbocycles. The van der Waals surface area contributed by atoms with E-state index in [1.165, 1.54) is 0 Å². The van der Waals surface area contributed by atoms with Gasteiger partial charge in [-0.05, 0) is 47.7 Å². The van der Waals surface area contributed by atoms with E-state index in [0.29, 0.717) is 30.0 Å². The first-order valence-electron chi connectivity index (χ1n) is 8.04. The molecule has 5 nitrogen and oxygen atoms in total. The van der Waals surface area contributed by atoms with Crippen LogP contribution in [0.15, 0.2) is 66.0 Å². The molecule has 1 amide bonds. The van der Waals surface area contributed by atoms with E-state index < -0.39 is 5.97 Å². The van der Waals surface area contributed by atoms with Crippen LogP contribution in [0.25, 0.3) is 0 Å². The van der Waals surface area contributed by atoms with Crippen molar-refractivity contribution in [2.75, 3.05) is 5.32 Å². The van der Waals surface area contributed by atoms with Gasteiger partial charge in [-0.25, -0.2) is 4.79 Å². The minimum Gasteiger partial charge on any atom is -0.477 e. The summed E-state index contributed by atoms with van der Waals surface area (Å²) in [5.74, 6) is -0.263. The predicted molar refractivity (Wildman–Crippen MR) is 101 cm³/mol. The number of carbonyl (C=O) groups is 2. The van der Waals surface area contributed by atoms with Crippen molar-refractivity contribution < 1.29 is 19.4 Å². The molecule has 0 aliphatic heterocycles. The van der Waals surface area contributed by atoms with Crippen molar-refractivity contribution >= 4 is 28.9 Å². The number of hydrogen-bond donors (Lipinski definition) is 2. The number of benzene rings is 2. The predicted octanol–water partition coefficient (Wildman–Crippen LogP) is 4.81. The number of rotatable bonds is 7. The summed E-state index contributed by atoms with van der Waals surface area (Å²) in [5, 5.41) is 13.6. The van der Waals surface area contributed by atoms with Crippen molar-refractivity contribution in [3.05, 3.63) is 76.5 Å². The molecule has 26 heavy (non-hydrogen) atoms. The van der Waals surface area contributed by atoms with Crippen molar-refractivity contribution in [3.8, 4) is 11.5 Å². The Labute approximate surface area is 154 Å². The molecule has 1 heterocycles. The van der Waals surface area contributed by atoms with E-state index in [1.807, 2.05) is 30.3 Å². The van der Waals surface area contributed by atoms with Crippen LogP contribution in [-0.4, -0.2) is 17.0 Å². The molecule has 2 N–H and O–H groups in total. The molecule has 132 valence electrons. The van der Waals surface area contributed by atoms with Crippen LogP contribution in [0.5, 0.6) is 11.5 Å². The summed E-state index contributed by atoms with van der Waals surface area (Å²) >= 11 is 1.11. The van der Waals surface area contributed by atoms with Gasteiger partial charge < -0.3 is 15.2 Å². The highest BCUT2D eigenvalue weighted by molar-refractivity contribution is 7.12. The van der Waals surface area contributed by atoms with Gasteiger partial charge in [0.25, 0.3) is 0 Å². The zero-order chi connectivity index (χ0) is 18.4. The molecule has 3 aromatic rings. The number of hydrogen-bond acceptors (Lipinski definition) is 4. The topological polar surface area (TPSA) is 75.6 Å². The molecule has 0 bridgehead atoms. The largest absolute Gasteiger partial charge is 0.477 e. The molecular weight excluding hydrogens is 350 g/mol. The van der Waals surface area contributed by atoms with Crippen LogP contribution in [-0.2, 0) is 11.2 Å². The summed E-state index contributed by atoms with van der Waals surface area (Å²) in [7, 11) is 0. The monoisotopic (exact) mass is 367 g/mol. The molecule has 0 radical (unpaired) electrons. The van der Waals surface area contributed by atoms with Crippen LogP contribution >= 0.6 is 11.3 Å². The van der Waals surface area contributed by atoms with Crippen molar-refractivity contribution in [1.82, 2.24) is 0 Å². The summed E-state index contributed by atoms with van der Waals surface area (Å²) in [4.78, 5) is 23.3. The van der Waals surface area contributed by atoms with Gasteiger partial charge in [0.2, 0.25) is 5.91 Å². The van der Waals surface area contributed by atoms with Crippen molar-refractivity contribution in [3.63, 3.8) is 0 Å². The van der Waals surface area contributed by atoms with Crippen LogP contribution in [0.2, 0.25) is 0 Å². The average molecular weight is 367 g/mol. The molecule has 0 spiro atoms. The number of ether oxygens (including phenoxy) is 1. The van der Waals surface area contributed by atoms with Crippen LogP contribution in [0.4, 0.5) is 5.69 Å². The number of aryl methyl sites for hydroxylation is 1. The van der Waals surface area contributed by atoms with E-state index in [9.17, 15) is 9.59 Å². The normalized spacial score (nSPS) is 10.3. The summed E-state index contributed by atoms with van der Waals surface area (Å²) in [5.41, 5.74) is 1.79. The molecule has 1 aromatic heterocycles. The number of carboxylic acid groups (broad SMARTS) is 1. The van der Waals surface area contributed by atoms with Gasteiger partial charge in [-0.1, -0.05) is 30.3 Å². The maximum absolute atomic E-state index is 12.0. The first kappa shape index (κ1) is 17.7. The fourth-order valence-electron chi connectivity index (χ4n) is 2.39. The number of anilines is 1. The van der Waals surface area contributed by atoms with Crippen molar-refractivity contribution in [2.24, 2.45) is 0 Å². The van der Waals surface area contributed by atoms with E-state index in [-0.39, 0.29) is 10.8 Å². The van der Waals surface area contributed by atoms with Gasteiger partial charge >= 0.3 is 5.97 Å². The molecular formula is C20H17NO4S. The third kappa shape index (κ3) is 4.70. The minimum atomic E-state index is -1.02. The third-order valence-corrected chi connectivity index (χ3v) is 4.56. The zero-order valence-electron chi connectivity index (χ0n) is 13.8. The summed E-state index contributed by atoms with van der Waals surface area (Å²) in [6, 6.07) is 18.3. The second-order valence-corrected chi connectivity index (χ2v) is 6.50. The number of carboxylic acids is 1. The summed E-state index contributed by atoms with van der Waals surface area (Å²) < 4.78 is 5.59. The molecule has 0 atom stereocenters. The molecule has 0 saturated carbocycles. The smallest absolute Gasteiger partial charge is 0.349 e. The number of nitrogens with one attached hydrogen (secondary N) is 1. The molecule has 3 rings (SSSR count). The first-order valence-corrected chi connectivity index (χ1v) is 8.92. The van der Waals surface area contributed by atoms with Crippen LogP contribution < -0.4 is 10.1 Å². The van der Waals surface area contributed by atoms with Crippen LogP contribution in [0, 0.1) is 0 Å². The lowest BCUT2D eigenvalue weighted by atomic mass is 10.1. The van der Waals surface area contributed by atoms with Gasteiger partial charge in [-0.15, -0.1) is 11.3 Å². The molecule has 0 fully saturated rings. The van der Waals surface area contributed by atoms with Gasteiger partial charge in [0.15, 0.2) is 10.6 Å². The third-order valence-electron chi connectivity index (χ3n) is 3.67. The lowest BCUT2D eigenvalue weighted by Gasteiger charge is -2.08. The Bertz CT molecular complexity index is 888. The zero-order valence-corrected chi connectivity index (χ0v) is 14.7. The number of amides is 1. The van der Waals surface area contributed by atoms with E-state index in [1.54, 1.807) is 35.7 Å². The van der Waals surface area contributed by atoms with Gasteiger partial charge in [0, 0.05) is 12.1 Å². The Morgan fingerprint density at radius 1 is 1.00 bits per heavy atom. The lowest BCUT2D eigenvalue weighted by Crippen LogP contribution is -2.12. The minimum absolute atomic E-state index is 0.0616. The number of aromatic carboxylic acids is 1. The fraction of sp³-hybridized carbons (Fsp3) is 0.100. The van der Waals surface area contributed by atoms with Gasteiger partial charge in [0.1, 0.15) is 5.75 Å². The van der Waals surface area contributed by atoms with E-state index in [2.05, 4.69) is 5.32 Å².